The maximum absolute atomic E-state index is 12.1. The van der Waals surface area contributed by atoms with Crippen molar-refractivity contribution in [3.05, 3.63) is 68.3 Å². The molecule has 5 nitrogen and oxygen atoms in total. The first-order valence-electron chi connectivity index (χ1n) is 9.06. The van der Waals surface area contributed by atoms with Crippen LogP contribution in [-0.2, 0) is 33.8 Å². The van der Waals surface area contributed by atoms with Gasteiger partial charge in [-0.15, -0.1) is 22.7 Å². The lowest BCUT2D eigenvalue weighted by Crippen LogP contribution is -2.14. The van der Waals surface area contributed by atoms with Crippen LogP contribution in [0, 0.1) is 6.92 Å². The Morgan fingerprint density at radius 1 is 1.14 bits per heavy atom. The number of benzene rings is 1. The molecule has 0 unspecified atom stereocenters. The van der Waals surface area contributed by atoms with E-state index in [2.05, 4.69) is 16.4 Å². The molecule has 0 bridgehead atoms. The minimum atomic E-state index is -0.219. The molecule has 0 aliphatic rings. The SMILES string of the molecule is Cc1ccc(NC(=O)Cc2nc(COC(=O)CCCc3cccs3)cs2)cc1. The Morgan fingerprint density at radius 2 is 1.96 bits per heavy atom. The zero-order chi connectivity index (χ0) is 19.8. The van der Waals surface area contributed by atoms with Crippen LogP contribution in [0.15, 0.2) is 47.2 Å². The number of aryl methyl sites for hydroxylation is 2. The number of thiazole rings is 1. The topological polar surface area (TPSA) is 68.3 Å². The summed E-state index contributed by atoms with van der Waals surface area (Å²) in [7, 11) is 0. The van der Waals surface area contributed by atoms with Crippen molar-refractivity contribution >= 4 is 40.2 Å². The second kappa shape index (κ2) is 10.1. The van der Waals surface area contributed by atoms with E-state index in [0.717, 1.165) is 24.1 Å². The quantitative estimate of drug-likeness (QED) is 0.513. The minimum Gasteiger partial charge on any atom is -0.459 e. The Labute approximate surface area is 172 Å². The zero-order valence-electron chi connectivity index (χ0n) is 15.6. The van der Waals surface area contributed by atoms with Crippen molar-refractivity contribution in [3.63, 3.8) is 0 Å². The highest BCUT2D eigenvalue weighted by molar-refractivity contribution is 7.10. The first-order chi connectivity index (χ1) is 13.6. The van der Waals surface area contributed by atoms with Crippen molar-refractivity contribution in [2.75, 3.05) is 5.32 Å². The predicted octanol–water partition coefficient (Wildman–Crippen LogP) is 4.76. The molecule has 2 aromatic heterocycles. The van der Waals surface area contributed by atoms with Gasteiger partial charge in [-0.05, 0) is 43.3 Å². The van der Waals surface area contributed by atoms with Crippen molar-refractivity contribution in [2.24, 2.45) is 0 Å². The number of anilines is 1. The van der Waals surface area contributed by atoms with Gasteiger partial charge in [0.1, 0.15) is 11.6 Å². The van der Waals surface area contributed by atoms with Gasteiger partial charge < -0.3 is 10.1 Å². The van der Waals surface area contributed by atoms with Crippen LogP contribution in [0.1, 0.15) is 34.0 Å². The molecule has 0 radical (unpaired) electrons. The maximum Gasteiger partial charge on any atom is 0.306 e. The monoisotopic (exact) mass is 414 g/mol. The number of rotatable bonds is 9. The molecule has 2 heterocycles. The van der Waals surface area contributed by atoms with Gasteiger partial charge in [-0.1, -0.05) is 23.8 Å². The Hall–Kier alpha value is -2.51. The summed E-state index contributed by atoms with van der Waals surface area (Å²) in [6.45, 7) is 2.15. The number of carbonyl (C=O) groups is 2. The molecule has 0 atom stereocenters. The molecule has 3 rings (SSSR count). The molecular formula is C21H22N2O3S2. The largest absolute Gasteiger partial charge is 0.459 e. The highest BCUT2D eigenvalue weighted by Gasteiger charge is 2.10. The molecule has 3 aromatic rings. The molecule has 0 fully saturated rings. The number of nitrogens with one attached hydrogen (secondary N) is 1. The highest BCUT2D eigenvalue weighted by Crippen LogP contribution is 2.15. The third-order valence-corrected chi connectivity index (χ3v) is 5.85. The van der Waals surface area contributed by atoms with Crippen LogP contribution < -0.4 is 5.32 Å². The van der Waals surface area contributed by atoms with E-state index in [-0.39, 0.29) is 24.9 Å². The summed E-state index contributed by atoms with van der Waals surface area (Å²) in [5.74, 6) is -0.335. The molecular weight excluding hydrogens is 392 g/mol. The highest BCUT2D eigenvalue weighted by atomic mass is 32.1. The van der Waals surface area contributed by atoms with Gasteiger partial charge in [0.2, 0.25) is 5.91 Å². The van der Waals surface area contributed by atoms with Crippen LogP contribution in [0.3, 0.4) is 0 Å². The molecule has 0 aliphatic carbocycles. The van der Waals surface area contributed by atoms with E-state index >= 15 is 0 Å². The smallest absolute Gasteiger partial charge is 0.306 e. The summed E-state index contributed by atoms with van der Waals surface area (Å²) >= 11 is 3.10. The number of carbonyl (C=O) groups excluding carboxylic acids is 2. The number of hydrogen-bond acceptors (Lipinski definition) is 6. The van der Waals surface area contributed by atoms with Gasteiger partial charge in [0.25, 0.3) is 0 Å². The number of aromatic nitrogens is 1. The number of nitrogens with zero attached hydrogens (tertiary/aromatic N) is 1. The van der Waals surface area contributed by atoms with Crippen LogP contribution >= 0.6 is 22.7 Å². The predicted molar refractivity (Wildman–Crippen MR) is 113 cm³/mol. The van der Waals surface area contributed by atoms with E-state index in [1.165, 1.54) is 16.2 Å². The third-order valence-electron chi connectivity index (χ3n) is 4.01. The molecule has 28 heavy (non-hydrogen) atoms. The molecule has 0 aliphatic heterocycles. The van der Waals surface area contributed by atoms with Gasteiger partial charge in [0.05, 0.1) is 12.1 Å². The Balaban J connectivity index is 1.37. The van der Waals surface area contributed by atoms with Crippen LogP contribution in [0.25, 0.3) is 0 Å². The molecule has 0 saturated carbocycles. The standard InChI is InChI=1S/C21H22N2O3S2/c1-15-7-9-16(10-8-15)22-19(24)12-20-23-17(14-28-20)13-26-21(25)6-2-4-18-5-3-11-27-18/h3,5,7-11,14H,2,4,6,12-13H2,1H3,(H,22,24). The van der Waals surface area contributed by atoms with Crippen LogP contribution in [-0.4, -0.2) is 16.9 Å². The second-order valence-electron chi connectivity index (χ2n) is 6.42. The average Bonchev–Trinajstić information content (AvgIpc) is 3.34. The molecule has 1 aromatic carbocycles. The second-order valence-corrected chi connectivity index (χ2v) is 8.39. The van der Waals surface area contributed by atoms with E-state index in [1.54, 1.807) is 11.3 Å². The lowest BCUT2D eigenvalue weighted by atomic mass is 10.2. The summed E-state index contributed by atoms with van der Waals surface area (Å²) in [6, 6.07) is 11.7. The van der Waals surface area contributed by atoms with Crippen LogP contribution in [0.4, 0.5) is 5.69 Å². The van der Waals surface area contributed by atoms with Gasteiger partial charge in [0.15, 0.2) is 0 Å². The average molecular weight is 415 g/mol. The van der Waals surface area contributed by atoms with Crippen molar-refractivity contribution in [3.8, 4) is 0 Å². The fourth-order valence-electron chi connectivity index (χ4n) is 2.56. The first-order valence-corrected chi connectivity index (χ1v) is 10.8. The molecule has 0 spiro atoms. The summed E-state index contributed by atoms with van der Waals surface area (Å²) in [6.07, 6.45) is 2.27. The van der Waals surface area contributed by atoms with E-state index in [9.17, 15) is 9.59 Å². The van der Waals surface area contributed by atoms with Crippen molar-refractivity contribution < 1.29 is 14.3 Å². The Bertz CT molecular complexity index is 902. The molecule has 146 valence electrons. The summed E-state index contributed by atoms with van der Waals surface area (Å²) in [5.41, 5.74) is 2.59. The van der Waals surface area contributed by atoms with Gasteiger partial charge in [-0.25, -0.2) is 4.98 Å². The number of hydrogen-bond donors (Lipinski definition) is 1. The van der Waals surface area contributed by atoms with E-state index in [0.29, 0.717) is 17.1 Å². The van der Waals surface area contributed by atoms with E-state index < -0.39 is 0 Å². The first kappa shape index (κ1) is 20.2. The fraction of sp³-hybridized carbons (Fsp3) is 0.286. The molecule has 1 amide bonds. The number of amides is 1. The van der Waals surface area contributed by atoms with Gasteiger partial charge in [-0.2, -0.15) is 0 Å². The van der Waals surface area contributed by atoms with Crippen molar-refractivity contribution in [2.45, 2.75) is 39.2 Å². The van der Waals surface area contributed by atoms with Gasteiger partial charge in [-0.3, -0.25) is 9.59 Å². The molecule has 1 N–H and O–H groups in total. The minimum absolute atomic E-state index is 0.115. The lowest BCUT2D eigenvalue weighted by molar-refractivity contribution is -0.145. The van der Waals surface area contributed by atoms with E-state index in [4.69, 9.17) is 4.74 Å². The summed E-state index contributed by atoms with van der Waals surface area (Å²) < 4.78 is 5.28. The lowest BCUT2D eigenvalue weighted by Gasteiger charge is -2.04. The maximum atomic E-state index is 12.1. The Kier molecular flexibility index (Phi) is 7.33. The van der Waals surface area contributed by atoms with Gasteiger partial charge in [0, 0.05) is 22.4 Å². The third kappa shape index (κ3) is 6.58. The number of esters is 1. The molecule has 0 saturated heterocycles. The Morgan fingerprint density at radius 3 is 2.71 bits per heavy atom. The normalized spacial score (nSPS) is 10.6. The van der Waals surface area contributed by atoms with Crippen LogP contribution in [0.2, 0.25) is 0 Å². The summed E-state index contributed by atoms with van der Waals surface area (Å²) in [4.78, 5) is 29.6. The number of ether oxygens (including phenoxy) is 1. The van der Waals surface area contributed by atoms with Crippen LogP contribution in [0.5, 0.6) is 0 Å². The van der Waals surface area contributed by atoms with Gasteiger partial charge >= 0.3 is 5.97 Å². The van der Waals surface area contributed by atoms with E-state index in [1.807, 2.05) is 48.0 Å². The van der Waals surface area contributed by atoms with Crippen molar-refractivity contribution in [1.82, 2.24) is 4.98 Å². The molecule has 7 heteroatoms. The fourth-order valence-corrected chi connectivity index (χ4v) is 4.09. The summed E-state index contributed by atoms with van der Waals surface area (Å²) in [5, 5.41) is 7.42. The number of thiophene rings is 1. The zero-order valence-corrected chi connectivity index (χ0v) is 17.3. The van der Waals surface area contributed by atoms with Crippen molar-refractivity contribution in [1.29, 1.82) is 0 Å².